The Hall–Kier alpha value is -1.45. The smallest absolute Gasteiger partial charge is 0.252 e. The van der Waals surface area contributed by atoms with Gasteiger partial charge in [0.05, 0.1) is 5.56 Å². The number of rotatable bonds is 3. The Balaban J connectivity index is 2.61. The summed E-state index contributed by atoms with van der Waals surface area (Å²) >= 11 is 0. The van der Waals surface area contributed by atoms with Crippen molar-refractivity contribution < 1.29 is 9.18 Å². The van der Waals surface area contributed by atoms with Crippen LogP contribution in [0.4, 0.5) is 4.39 Å². The zero-order valence-corrected chi connectivity index (χ0v) is 7.38. The average molecular weight is 182 g/mol. The van der Waals surface area contributed by atoms with Gasteiger partial charge in [0.1, 0.15) is 0 Å². The fourth-order valence-electron chi connectivity index (χ4n) is 0.851. The van der Waals surface area contributed by atoms with Gasteiger partial charge in [-0.05, 0) is 18.6 Å². The Morgan fingerprint density at radius 1 is 1.62 bits per heavy atom. The predicted molar refractivity (Wildman–Crippen MR) is 46.8 cm³/mol. The van der Waals surface area contributed by atoms with Crippen molar-refractivity contribution in [1.29, 1.82) is 0 Å². The van der Waals surface area contributed by atoms with Gasteiger partial charge in [-0.25, -0.2) is 4.98 Å². The SMILES string of the molecule is CCCNC(=O)c1ccc(F)nc1. The minimum absolute atomic E-state index is 0.214. The lowest BCUT2D eigenvalue weighted by Crippen LogP contribution is -2.24. The predicted octanol–water partition coefficient (Wildman–Crippen LogP) is 1.36. The highest BCUT2D eigenvalue weighted by molar-refractivity contribution is 5.93. The summed E-state index contributed by atoms with van der Waals surface area (Å²) in [5.41, 5.74) is 0.384. The van der Waals surface area contributed by atoms with Crippen LogP contribution >= 0.6 is 0 Å². The van der Waals surface area contributed by atoms with Gasteiger partial charge in [-0.15, -0.1) is 0 Å². The number of nitrogens with one attached hydrogen (secondary N) is 1. The van der Waals surface area contributed by atoms with Crippen LogP contribution in [0.25, 0.3) is 0 Å². The summed E-state index contributed by atoms with van der Waals surface area (Å²) in [5.74, 6) is -0.790. The third-order valence-corrected chi connectivity index (χ3v) is 1.53. The highest BCUT2D eigenvalue weighted by Crippen LogP contribution is 1.98. The normalized spacial score (nSPS) is 9.69. The van der Waals surface area contributed by atoms with E-state index in [2.05, 4.69) is 10.3 Å². The van der Waals surface area contributed by atoms with Gasteiger partial charge >= 0.3 is 0 Å². The van der Waals surface area contributed by atoms with Crippen molar-refractivity contribution in [1.82, 2.24) is 10.3 Å². The Morgan fingerprint density at radius 3 is 2.92 bits per heavy atom. The van der Waals surface area contributed by atoms with E-state index in [1.807, 2.05) is 6.92 Å². The van der Waals surface area contributed by atoms with Crippen LogP contribution in [0.2, 0.25) is 0 Å². The third-order valence-electron chi connectivity index (χ3n) is 1.53. The van der Waals surface area contributed by atoms with E-state index in [9.17, 15) is 9.18 Å². The fourth-order valence-corrected chi connectivity index (χ4v) is 0.851. The van der Waals surface area contributed by atoms with Gasteiger partial charge in [0, 0.05) is 12.7 Å². The topological polar surface area (TPSA) is 42.0 Å². The van der Waals surface area contributed by atoms with E-state index in [-0.39, 0.29) is 5.91 Å². The largest absolute Gasteiger partial charge is 0.352 e. The first-order valence-corrected chi connectivity index (χ1v) is 4.13. The Labute approximate surface area is 76.0 Å². The van der Waals surface area contributed by atoms with E-state index in [0.29, 0.717) is 12.1 Å². The zero-order valence-electron chi connectivity index (χ0n) is 7.38. The second-order valence-electron chi connectivity index (χ2n) is 2.63. The van der Waals surface area contributed by atoms with E-state index in [1.165, 1.54) is 18.3 Å². The maximum absolute atomic E-state index is 12.4. The van der Waals surface area contributed by atoms with Crippen LogP contribution < -0.4 is 5.32 Å². The van der Waals surface area contributed by atoms with Gasteiger partial charge in [-0.3, -0.25) is 4.79 Å². The van der Waals surface area contributed by atoms with Gasteiger partial charge in [-0.1, -0.05) is 6.92 Å². The highest BCUT2D eigenvalue weighted by Gasteiger charge is 2.03. The van der Waals surface area contributed by atoms with Crippen LogP contribution in [-0.4, -0.2) is 17.4 Å². The van der Waals surface area contributed by atoms with Crippen LogP contribution in [-0.2, 0) is 0 Å². The molecule has 0 bridgehead atoms. The molecule has 1 heterocycles. The molecule has 1 N–H and O–H groups in total. The molecule has 1 amide bonds. The van der Waals surface area contributed by atoms with Crippen LogP contribution in [0.3, 0.4) is 0 Å². The molecule has 4 heteroatoms. The molecule has 0 aliphatic carbocycles. The van der Waals surface area contributed by atoms with Crippen LogP contribution in [0, 0.1) is 5.95 Å². The molecular formula is C9H11FN2O. The molecular weight excluding hydrogens is 171 g/mol. The van der Waals surface area contributed by atoms with Crippen molar-refractivity contribution in [2.24, 2.45) is 0 Å². The monoisotopic (exact) mass is 182 g/mol. The number of nitrogens with zero attached hydrogens (tertiary/aromatic N) is 1. The minimum Gasteiger partial charge on any atom is -0.352 e. The molecule has 0 radical (unpaired) electrons. The summed E-state index contributed by atoms with van der Waals surface area (Å²) in [6, 6.07) is 2.58. The highest BCUT2D eigenvalue weighted by atomic mass is 19.1. The fraction of sp³-hybridized carbons (Fsp3) is 0.333. The van der Waals surface area contributed by atoms with E-state index >= 15 is 0 Å². The summed E-state index contributed by atoms with van der Waals surface area (Å²) in [5, 5.41) is 2.67. The van der Waals surface area contributed by atoms with Crippen molar-refractivity contribution in [3.63, 3.8) is 0 Å². The van der Waals surface area contributed by atoms with Crippen molar-refractivity contribution >= 4 is 5.91 Å². The van der Waals surface area contributed by atoms with Gasteiger partial charge in [-0.2, -0.15) is 4.39 Å². The van der Waals surface area contributed by atoms with Crippen molar-refractivity contribution in [3.05, 3.63) is 29.8 Å². The molecule has 1 aromatic heterocycles. The molecule has 1 aromatic rings. The Kier molecular flexibility index (Phi) is 3.37. The minimum atomic E-state index is -0.577. The third kappa shape index (κ3) is 2.82. The van der Waals surface area contributed by atoms with Crippen molar-refractivity contribution in [2.45, 2.75) is 13.3 Å². The lowest BCUT2D eigenvalue weighted by molar-refractivity contribution is 0.0953. The average Bonchev–Trinajstić information content (AvgIpc) is 2.15. The number of halogens is 1. The maximum atomic E-state index is 12.4. The van der Waals surface area contributed by atoms with Gasteiger partial charge in [0.25, 0.3) is 5.91 Å². The maximum Gasteiger partial charge on any atom is 0.252 e. The van der Waals surface area contributed by atoms with E-state index in [1.54, 1.807) is 0 Å². The van der Waals surface area contributed by atoms with Crippen LogP contribution in [0.15, 0.2) is 18.3 Å². The summed E-state index contributed by atoms with van der Waals surface area (Å²) in [7, 11) is 0. The van der Waals surface area contributed by atoms with Crippen molar-refractivity contribution in [2.75, 3.05) is 6.54 Å². The number of hydrogen-bond donors (Lipinski definition) is 1. The number of carbonyl (C=O) groups excluding carboxylic acids is 1. The van der Waals surface area contributed by atoms with Gasteiger partial charge < -0.3 is 5.32 Å². The number of carbonyl (C=O) groups is 1. The first kappa shape index (κ1) is 9.64. The number of hydrogen-bond acceptors (Lipinski definition) is 2. The van der Waals surface area contributed by atoms with E-state index < -0.39 is 5.95 Å². The van der Waals surface area contributed by atoms with E-state index in [4.69, 9.17) is 0 Å². The first-order valence-electron chi connectivity index (χ1n) is 4.13. The molecule has 0 unspecified atom stereocenters. The molecule has 0 aromatic carbocycles. The lowest BCUT2D eigenvalue weighted by atomic mass is 10.2. The summed E-state index contributed by atoms with van der Waals surface area (Å²) in [6.45, 7) is 2.58. The Bertz CT molecular complexity index is 284. The second kappa shape index (κ2) is 4.54. The molecule has 0 spiro atoms. The van der Waals surface area contributed by atoms with Crippen molar-refractivity contribution in [3.8, 4) is 0 Å². The zero-order chi connectivity index (χ0) is 9.68. The number of amides is 1. The molecule has 0 fully saturated rings. The molecule has 0 saturated carbocycles. The van der Waals surface area contributed by atoms with Gasteiger partial charge in [0.2, 0.25) is 5.95 Å². The molecule has 0 saturated heterocycles. The molecule has 13 heavy (non-hydrogen) atoms. The van der Waals surface area contributed by atoms with Crippen LogP contribution in [0.1, 0.15) is 23.7 Å². The summed E-state index contributed by atoms with van der Waals surface area (Å²) < 4.78 is 12.4. The number of aromatic nitrogens is 1. The molecule has 3 nitrogen and oxygen atoms in total. The molecule has 0 aliphatic rings. The standard InChI is InChI=1S/C9H11FN2O/c1-2-5-11-9(13)7-3-4-8(10)12-6-7/h3-4,6H,2,5H2,1H3,(H,11,13). The molecule has 1 rings (SSSR count). The quantitative estimate of drug-likeness (QED) is 0.717. The molecule has 70 valence electrons. The Morgan fingerprint density at radius 2 is 2.38 bits per heavy atom. The molecule has 0 atom stereocenters. The lowest BCUT2D eigenvalue weighted by Gasteiger charge is -2.01. The van der Waals surface area contributed by atoms with E-state index in [0.717, 1.165) is 6.42 Å². The summed E-state index contributed by atoms with van der Waals surface area (Å²) in [4.78, 5) is 14.6. The first-order chi connectivity index (χ1) is 6.24. The summed E-state index contributed by atoms with van der Waals surface area (Å²) in [6.07, 6.45) is 2.10. The van der Waals surface area contributed by atoms with Gasteiger partial charge in [0.15, 0.2) is 0 Å². The van der Waals surface area contributed by atoms with Crippen LogP contribution in [0.5, 0.6) is 0 Å². The second-order valence-corrected chi connectivity index (χ2v) is 2.63. The molecule has 0 aliphatic heterocycles. The number of pyridine rings is 1.